The third-order valence-corrected chi connectivity index (χ3v) is 13.1. The highest BCUT2D eigenvalue weighted by Gasteiger charge is 2.68. The van der Waals surface area contributed by atoms with E-state index in [1.54, 1.807) is 54.3 Å². The average molecular weight is 713 g/mol. The Labute approximate surface area is 298 Å². The highest BCUT2D eigenvalue weighted by Crippen LogP contribution is 2.65. The van der Waals surface area contributed by atoms with Gasteiger partial charge in [-0.2, -0.15) is 5.10 Å². The Hall–Kier alpha value is -4.48. The summed E-state index contributed by atoms with van der Waals surface area (Å²) in [5.41, 5.74) is 1.47. The third kappa shape index (κ3) is 4.35. The lowest BCUT2D eigenvalue weighted by Crippen LogP contribution is -2.49. The van der Waals surface area contributed by atoms with Crippen molar-refractivity contribution in [1.82, 2.24) is 14.7 Å². The van der Waals surface area contributed by atoms with Gasteiger partial charge in [-0.15, -0.1) is 11.3 Å². The van der Waals surface area contributed by atoms with E-state index >= 15 is 4.79 Å². The number of halogens is 1. The van der Waals surface area contributed by atoms with E-state index in [-0.39, 0.29) is 24.0 Å². The molecule has 0 bridgehead atoms. The summed E-state index contributed by atoms with van der Waals surface area (Å²) < 4.78 is 8.37. The van der Waals surface area contributed by atoms with E-state index in [0.717, 1.165) is 26.1 Å². The van der Waals surface area contributed by atoms with Crippen molar-refractivity contribution in [3.8, 4) is 22.1 Å². The van der Waals surface area contributed by atoms with Crippen molar-refractivity contribution in [2.24, 2.45) is 36.1 Å². The fourth-order valence-electron chi connectivity index (χ4n) is 9.27. The van der Waals surface area contributed by atoms with Gasteiger partial charge in [0.25, 0.3) is 0 Å². The molecule has 0 radical (unpaired) electrons. The summed E-state index contributed by atoms with van der Waals surface area (Å²) in [7, 11) is 3.21. The van der Waals surface area contributed by atoms with E-state index in [4.69, 9.17) is 21.4 Å². The lowest BCUT2D eigenvalue weighted by molar-refractivity contribution is -0.140. The zero-order chi connectivity index (χ0) is 35.4. The molecule has 12 heteroatoms. The molecule has 0 spiro atoms. The number of phenols is 1. The molecule has 4 amide bonds. The van der Waals surface area contributed by atoms with Gasteiger partial charge in [0, 0.05) is 40.9 Å². The normalized spacial score (nSPS) is 27.6. The van der Waals surface area contributed by atoms with E-state index in [0.29, 0.717) is 47.2 Å². The molecule has 50 heavy (non-hydrogen) atoms. The molecule has 2 aliphatic heterocycles. The Morgan fingerprint density at radius 2 is 1.86 bits per heavy atom. The van der Waals surface area contributed by atoms with Gasteiger partial charge in [0.1, 0.15) is 23.0 Å². The summed E-state index contributed by atoms with van der Waals surface area (Å²) in [6.45, 7) is 6.06. The number of rotatable bonds is 6. The number of hydrogen-bond donors (Lipinski definition) is 1. The molecule has 3 fully saturated rings. The number of hydrogen-bond acceptors (Lipinski definition) is 8. The van der Waals surface area contributed by atoms with Crippen LogP contribution in [0.5, 0.6) is 11.5 Å². The Bertz CT molecular complexity index is 2190. The number of likely N-dealkylation sites (tertiary alicyclic amines) is 1. The van der Waals surface area contributed by atoms with Crippen molar-refractivity contribution >= 4 is 62.5 Å². The first-order valence-electron chi connectivity index (χ1n) is 16.9. The van der Waals surface area contributed by atoms with E-state index in [1.165, 1.54) is 16.9 Å². The maximum absolute atomic E-state index is 15.0. The molecule has 0 unspecified atom stereocenters. The molecule has 10 nitrogen and oxygen atoms in total. The quantitative estimate of drug-likeness (QED) is 0.176. The van der Waals surface area contributed by atoms with Gasteiger partial charge in [-0.05, 0) is 80.3 Å². The molecular weight excluding hydrogens is 676 g/mol. The highest BCUT2D eigenvalue weighted by atomic mass is 35.5. The van der Waals surface area contributed by atoms with Crippen LogP contribution in [0.3, 0.4) is 0 Å². The van der Waals surface area contributed by atoms with Gasteiger partial charge in [-0.3, -0.25) is 28.8 Å². The van der Waals surface area contributed by atoms with E-state index < -0.39 is 46.8 Å². The first-order valence-corrected chi connectivity index (χ1v) is 18.1. The number of aryl methyl sites for hydroxylation is 2. The Morgan fingerprint density at radius 1 is 1.08 bits per heavy atom. The van der Waals surface area contributed by atoms with Gasteiger partial charge in [0.2, 0.25) is 23.6 Å². The van der Waals surface area contributed by atoms with Crippen LogP contribution in [0.1, 0.15) is 50.2 Å². The molecule has 1 N–H and O–H groups in total. The number of allylic oxidation sites excluding steroid dienone is 2. The Morgan fingerprint density at radius 3 is 2.60 bits per heavy atom. The van der Waals surface area contributed by atoms with Crippen molar-refractivity contribution in [2.75, 3.05) is 18.6 Å². The molecule has 1 saturated carbocycles. The van der Waals surface area contributed by atoms with Crippen LogP contribution >= 0.6 is 22.9 Å². The number of aromatic nitrogens is 2. The number of carbonyl (C=O) groups excluding carboxylic acids is 4. The molecule has 2 aromatic carbocycles. The second-order valence-electron chi connectivity index (χ2n) is 14.1. The predicted octanol–water partition coefficient (Wildman–Crippen LogP) is 6.62. The number of fused-ring (bicyclic) bond motifs is 5. The van der Waals surface area contributed by atoms with Crippen LogP contribution in [-0.4, -0.2) is 57.1 Å². The molecule has 2 saturated heterocycles. The molecule has 258 valence electrons. The van der Waals surface area contributed by atoms with Crippen LogP contribution in [-0.2, 0) is 26.2 Å². The predicted molar refractivity (Wildman–Crippen MR) is 190 cm³/mol. The molecule has 4 heterocycles. The van der Waals surface area contributed by atoms with Crippen molar-refractivity contribution in [2.45, 2.75) is 46.0 Å². The molecule has 4 aromatic rings. The van der Waals surface area contributed by atoms with E-state index in [2.05, 4.69) is 0 Å². The zero-order valence-corrected chi connectivity index (χ0v) is 30.0. The monoisotopic (exact) mass is 712 g/mol. The molecule has 8 rings (SSSR count). The number of phenolic OH excluding ortho intramolecular Hbond substituents is 1. The van der Waals surface area contributed by atoms with Gasteiger partial charge < -0.3 is 9.84 Å². The lowest BCUT2D eigenvalue weighted by Gasteiger charge is -2.49. The first-order chi connectivity index (χ1) is 23.9. The van der Waals surface area contributed by atoms with Crippen LogP contribution < -0.4 is 9.64 Å². The number of aromatic hydroxyl groups is 1. The molecular formula is C38H37ClN4O6S. The number of anilines is 1. The van der Waals surface area contributed by atoms with Gasteiger partial charge >= 0.3 is 0 Å². The summed E-state index contributed by atoms with van der Waals surface area (Å²) in [4.78, 5) is 60.8. The number of amides is 4. The Balaban J connectivity index is 1.27. The molecule has 4 aliphatic rings. The molecule has 2 aromatic heterocycles. The summed E-state index contributed by atoms with van der Waals surface area (Å²) in [6.07, 6.45) is 3.18. The standard InChI is InChI=1S/C38H37ClN4O6S/c1-6-14-42-34(45)21-12-11-20-23(30(21)36(42)47)16-24-35(46)43(37(48)38(24,3)32(20)31-26(44)8-7-9-27(31)49-5)29-17-25(40-41(29)4)33-18(2)22-15-19(39)10-13-28(22)50-33/h7-11,13,15,17,21,23-24,30,32,44H,6,12,14,16H2,1-5H3/t21-,23+,24-,30-,32+,38+/m0/s1. The molecule has 2 aliphatic carbocycles. The number of thiophene rings is 1. The average Bonchev–Trinajstić information content (AvgIpc) is 3.76. The number of carbonyl (C=O) groups is 4. The maximum Gasteiger partial charge on any atom is 0.242 e. The lowest BCUT2D eigenvalue weighted by atomic mass is 9.51. The minimum absolute atomic E-state index is 0.0682. The number of ether oxygens (including phenoxy) is 1. The van der Waals surface area contributed by atoms with Crippen LogP contribution in [0.15, 0.2) is 54.1 Å². The summed E-state index contributed by atoms with van der Waals surface area (Å²) >= 11 is 7.87. The summed E-state index contributed by atoms with van der Waals surface area (Å²) in [6, 6.07) is 12.5. The fourth-order valence-corrected chi connectivity index (χ4v) is 10.6. The number of methoxy groups -OCH3 is 1. The van der Waals surface area contributed by atoms with Crippen LogP contribution in [0.4, 0.5) is 5.82 Å². The molecule has 6 atom stereocenters. The minimum atomic E-state index is -1.35. The second kappa shape index (κ2) is 11.5. The second-order valence-corrected chi connectivity index (χ2v) is 15.6. The SMILES string of the molecule is CCCN1C(=O)[C@H]2[C@H](CC=C3[C@H]2C[C@H]2C(=O)N(c4cc(-c5sc6ccc(Cl)cc6c5C)nn4C)C(=O)[C@@]2(C)[C@H]3c2c(O)cccc2OC)C1=O. The van der Waals surface area contributed by atoms with Gasteiger partial charge in [-0.25, -0.2) is 4.90 Å². The number of benzene rings is 2. The van der Waals surface area contributed by atoms with E-state index in [1.807, 2.05) is 38.1 Å². The first kappa shape index (κ1) is 32.7. The summed E-state index contributed by atoms with van der Waals surface area (Å²) in [5.74, 6) is -3.88. The smallest absolute Gasteiger partial charge is 0.242 e. The van der Waals surface area contributed by atoms with Crippen molar-refractivity contribution < 1.29 is 29.0 Å². The van der Waals surface area contributed by atoms with Crippen LogP contribution in [0.2, 0.25) is 5.02 Å². The minimum Gasteiger partial charge on any atom is -0.508 e. The van der Waals surface area contributed by atoms with Crippen molar-refractivity contribution in [3.05, 3.63) is 70.3 Å². The van der Waals surface area contributed by atoms with E-state index in [9.17, 15) is 19.5 Å². The fraction of sp³-hybridized carbons (Fsp3) is 0.395. The van der Waals surface area contributed by atoms with Gasteiger partial charge in [0.15, 0.2) is 0 Å². The van der Waals surface area contributed by atoms with Crippen LogP contribution in [0.25, 0.3) is 20.7 Å². The number of imide groups is 2. The Kier molecular flexibility index (Phi) is 7.54. The maximum atomic E-state index is 15.0. The largest absolute Gasteiger partial charge is 0.508 e. The topological polar surface area (TPSA) is 122 Å². The van der Waals surface area contributed by atoms with Gasteiger partial charge in [-0.1, -0.05) is 36.2 Å². The number of nitrogens with zero attached hydrogens (tertiary/aromatic N) is 4. The zero-order valence-electron chi connectivity index (χ0n) is 28.4. The van der Waals surface area contributed by atoms with Crippen molar-refractivity contribution in [3.63, 3.8) is 0 Å². The summed E-state index contributed by atoms with van der Waals surface area (Å²) in [5, 5.41) is 17.9. The third-order valence-electron chi connectivity index (χ3n) is 11.6. The van der Waals surface area contributed by atoms with Gasteiger partial charge in [0.05, 0.1) is 35.2 Å². The highest BCUT2D eigenvalue weighted by molar-refractivity contribution is 7.22. The van der Waals surface area contributed by atoms with Crippen LogP contribution in [0, 0.1) is 36.0 Å². The van der Waals surface area contributed by atoms with Crippen molar-refractivity contribution in [1.29, 1.82) is 0 Å².